The number of nitrogens with zero attached hydrogens (tertiary/aromatic N) is 1. The molecule has 112 valence electrons. The van der Waals surface area contributed by atoms with Crippen molar-refractivity contribution in [2.75, 3.05) is 5.32 Å². The van der Waals surface area contributed by atoms with Gasteiger partial charge in [-0.25, -0.2) is 0 Å². The van der Waals surface area contributed by atoms with Gasteiger partial charge in [-0.3, -0.25) is 9.79 Å². The number of aliphatic imine (C=N–C) groups is 1. The Morgan fingerprint density at radius 3 is 2.73 bits per heavy atom. The van der Waals surface area contributed by atoms with Gasteiger partial charge in [-0.15, -0.1) is 0 Å². The molecule has 3 rings (SSSR count). The molecule has 0 bridgehead atoms. The molecule has 1 heterocycles. The van der Waals surface area contributed by atoms with Gasteiger partial charge < -0.3 is 10.4 Å². The smallest absolute Gasteiger partial charge is 0.249 e. The first-order valence-corrected chi connectivity index (χ1v) is 7.41. The standard InChI is InChI=1S/C16H12Cl2N2O2/c17-12-4-2-1-3-9(12)7-14-16(22)20-13-6-5-10(21)8-11(13)15(18)19-14/h1-6,8,14,21H,7H2,(H,20,22). The van der Waals surface area contributed by atoms with Crippen molar-refractivity contribution in [2.24, 2.45) is 4.99 Å². The molecule has 2 N–H and O–H groups in total. The maximum atomic E-state index is 12.3. The lowest BCUT2D eigenvalue weighted by Gasteiger charge is -2.11. The Bertz CT molecular complexity index is 774. The van der Waals surface area contributed by atoms with Crippen LogP contribution in [0.2, 0.25) is 5.02 Å². The first-order valence-electron chi connectivity index (χ1n) is 6.65. The summed E-state index contributed by atoms with van der Waals surface area (Å²) in [5, 5.41) is 13.1. The van der Waals surface area contributed by atoms with E-state index in [1.165, 1.54) is 12.1 Å². The topological polar surface area (TPSA) is 61.7 Å². The SMILES string of the molecule is O=C1Nc2ccc(O)cc2C(Cl)=NC1Cc1ccccc1Cl. The molecule has 6 heteroatoms. The van der Waals surface area contributed by atoms with E-state index in [0.29, 0.717) is 22.7 Å². The highest BCUT2D eigenvalue weighted by molar-refractivity contribution is 6.70. The molecule has 0 spiro atoms. The number of carbonyl (C=O) groups is 1. The second-order valence-electron chi connectivity index (χ2n) is 4.95. The van der Waals surface area contributed by atoms with E-state index in [9.17, 15) is 9.90 Å². The Morgan fingerprint density at radius 1 is 1.18 bits per heavy atom. The summed E-state index contributed by atoms with van der Waals surface area (Å²) in [6, 6.07) is 11.2. The predicted molar refractivity (Wildman–Crippen MR) is 88.1 cm³/mol. The number of anilines is 1. The summed E-state index contributed by atoms with van der Waals surface area (Å²) in [5.41, 5.74) is 1.85. The Labute approximate surface area is 137 Å². The number of aromatic hydroxyl groups is 1. The minimum absolute atomic E-state index is 0.0610. The third-order valence-corrected chi connectivity index (χ3v) is 4.10. The maximum Gasteiger partial charge on any atom is 0.249 e. The molecule has 0 saturated heterocycles. The number of hydrogen-bond donors (Lipinski definition) is 2. The van der Waals surface area contributed by atoms with Gasteiger partial charge >= 0.3 is 0 Å². The van der Waals surface area contributed by atoms with Crippen molar-refractivity contribution in [1.82, 2.24) is 0 Å². The molecule has 0 radical (unpaired) electrons. The van der Waals surface area contributed by atoms with Crippen LogP contribution in [0.3, 0.4) is 0 Å². The first kappa shape index (κ1) is 14.9. The summed E-state index contributed by atoms with van der Waals surface area (Å²) in [4.78, 5) is 16.6. The van der Waals surface area contributed by atoms with Gasteiger partial charge in [0.1, 0.15) is 17.0 Å². The van der Waals surface area contributed by atoms with E-state index in [1.54, 1.807) is 12.1 Å². The van der Waals surface area contributed by atoms with Gasteiger partial charge in [-0.2, -0.15) is 0 Å². The molecule has 0 fully saturated rings. The summed E-state index contributed by atoms with van der Waals surface area (Å²) in [6.07, 6.45) is 0.349. The molecule has 1 unspecified atom stereocenters. The lowest BCUT2D eigenvalue weighted by Crippen LogP contribution is -2.27. The predicted octanol–water partition coefficient (Wildman–Crippen LogP) is 3.59. The fraction of sp³-hybridized carbons (Fsp3) is 0.125. The summed E-state index contributed by atoms with van der Waals surface area (Å²) >= 11 is 12.3. The third-order valence-electron chi connectivity index (χ3n) is 3.43. The molecule has 0 aromatic heterocycles. The average Bonchev–Trinajstić information content (AvgIpc) is 2.60. The maximum absolute atomic E-state index is 12.3. The number of benzene rings is 2. The molecular weight excluding hydrogens is 323 g/mol. The van der Waals surface area contributed by atoms with Gasteiger partial charge in [0.15, 0.2) is 0 Å². The lowest BCUT2D eigenvalue weighted by atomic mass is 10.1. The number of benzodiazepines with no additional fused rings is 1. The zero-order valence-corrected chi connectivity index (χ0v) is 12.9. The molecule has 2 aromatic carbocycles. The van der Waals surface area contributed by atoms with Crippen LogP contribution in [0.4, 0.5) is 5.69 Å². The van der Waals surface area contributed by atoms with Crippen molar-refractivity contribution in [1.29, 1.82) is 0 Å². The summed E-state index contributed by atoms with van der Waals surface area (Å²) in [6.45, 7) is 0. The van der Waals surface area contributed by atoms with E-state index in [4.69, 9.17) is 23.2 Å². The van der Waals surface area contributed by atoms with Crippen LogP contribution < -0.4 is 5.32 Å². The number of phenols is 1. The molecule has 0 aliphatic carbocycles. The van der Waals surface area contributed by atoms with Crippen LogP contribution >= 0.6 is 23.2 Å². The van der Waals surface area contributed by atoms with Gasteiger partial charge in [0, 0.05) is 17.0 Å². The van der Waals surface area contributed by atoms with Gasteiger partial charge in [-0.05, 0) is 29.8 Å². The first-order chi connectivity index (χ1) is 10.5. The number of nitrogens with one attached hydrogen (secondary N) is 1. The number of hydrogen-bond acceptors (Lipinski definition) is 3. The zero-order valence-electron chi connectivity index (χ0n) is 11.4. The second-order valence-corrected chi connectivity index (χ2v) is 5.72. The molecule has 2 aromatic rings. The van der Waals surface area contributed by atoms with Crippen LogP contribution in [0, 0.1) is 0 Å². The normalized spacial score (nSPS) is 17.3. The Hall–Kier alpha value is -2.04. The van der Waals surface area contributed by atoms with Crippen molar-refractivity contribution in [3.63, 3.8) is 0 Å². The fourth-order valence-electron chi connectivity index (χ4n) is 2.30. The lowest BCUT2D eigenvalue weighted by molar-refractivity contribution is -0.117. The van der Waals surface area contributed by atoms with Gasteiger partial charge in [0.2, 0.25) is 5.91 Å². The highest BCUT2D eigenvalue weighted by atomic mass is 35.5. The monoisotopic (exact) mass is 334 g/mol. The molecule has 4 nitrogen and oxygen atoms in total. The van der Waals surface area contributed by atoms with Gasteiger partial charge in [-0.1, -0.05) is 41.4 Å². The summed E-state index contributed by atoms with van der Waals surface area (Å²) < 4.78 is 0. The van der Waals surface area contributed by atoms with Crippen molar-refractivity contribution in [3.8, 4) is 5.75 Å². The van der Waals surface area contributed by atoms with Crippen molar-refractivity contribution in [2.45, 2.75) is 12.5 Å². The Morgan fingerprint density at radius 2 is 1.95 bits per heavy atom. The largest absolute Gasteiger partial charge is 0.508 e. The minimum Gasteiger partial charge on any atom is -0.508 e. The van der Waals surface area contributed by atoms with E-state index in [-0.39, 0.29) is 16.8 Å². The van der Waals surface area contributed by atoms with E-state index < -0.39 is 6.04 Å². The van der Waals surface area contributed by atoms with E-state index >= 15 is 0 Å². The van der Waals surface area contributed by atoms with Gasteiger partial charge in [0.05, 0.1) is 5.69 Å². The van der Waals surface area contributed by atoms with E-state index in [0.717, 1.165) is 5.56 Å². The minimum atomic E-state index is -0.679. The number of amides is 1. The van der Waals surface area contributed by atoms with Crippen molar-refractivity contribution in [3.05, 3.63) is 58.6 Å². The Kier molecular flexibility index (Phi) is 4.05. The molecule has 1 amide bonds. The van der Waals surface area contributed by atoms with Crippen LogP contribution in [0.5, 0.6) is 5.75 Å². The number of phenolic OH excluding ortho intramolecular Hbond substituents is 1. The van der Waals surface area contributed by atoms with E-state index in [2.05, 4.69) is 10.3 Å². The van der Waals surface area contributed by atoms with Crippen LogP contribution in [0.1, 0.15) is 11.1 Å². The molecule has 0 saturated carbocycles. The number of rotatable bonds is 2. The number of carbonyl (C=O) groups excluding carboxylic acids is 1. The van der Waals surface area contributed by atoms with Crippen LogP contribution in [0.25, 0.3) is 0 Å². The quantitative estimate of drug-likeness (QED) is 0.824. The number of halogens is 2. The number of fused-ring (bicyclic) bond motifs is 1. The highest BCUT2D eigenvalue weighted by Crippen LogP contribution is 2.27. The van der Waals surface area contributed by atoms with Crippen molar-refractivity contribution < 1.29 is 9.90 Å². The van der Waals surface area contributed by atoms with E-state index in [1.807, 2.05) is 18.2 Å². The van der Waals surface area contributed by atoms with Crippen LogP contribution in [0.15, 0.2) is 47.5 Å². The third kappa shape index (κ3) is 2.93. The summed E-state index contributed by atoms with van der Waals surface area (Å²) in [7, 11) is 0. The van der Waals surface area contributed by atoms with Gasteiger partial charge in [0.25, 0.3) is 0 Å². The molecule has 22 heavy (non-hydrogen) atoms. The zero-order chi connectivity index (χ0) is 15.7. The fourth-order valence-corrected chi connectivity index (χ4v) is 2.79. The average molecular weight is 335 g/mol. The van der Waals surface area contributed by atoms with Crippen LogP contribution in [-0.2, 0) is 11.2 Å². The molecular formula is C16H12Cl2N2O2. The second kappa shape index (κ2) is 5.99. The summed E-state index contributed by atoms with van der Waals surface area (Å²) in [5.74, 6) is -0.201. The Balaban J connectivity index is 1.95. The molecule has 1 atom stereocenters. The molecule has 1 aliphatic rings. The van der Waals surface area contributed by atoms with Crippen molar-refractivity contribution >= 4 is 40.0 Å². The molecule has 1 aliphatic heterocycles. The highest BCUT2D eigenvalue weighted by Gasteiger charge is 2.25. The van der Waals surface area contributed by atoms with Crippen LogP contribution in [-0.4, -0.2) is 22.2 Å².